The van der Waals surface area contributed by atoms with Crippen molar-refractivity contribution in [2.24, 2.45) is 5.73 Å². The summed E-state index contributed by atoms with van der Waals surface area (Å²) in [6, 6.07) is 4.00. The van der Waals surface area contributed by atoms with Gasteiger partial charge >= 0.3 is 0 Å². The molecule has 0 fully saturated rings. The van der Waals surface area contributed by atoms with Crippen LogP contribution in [-0.2, 0) is 11.2 Å². The third-order valence-electron chi connectivity index (χ3n) is 2.36. The zero-order valence-corrected chi connectivity index (χ0v) is 8.03. The minimum absolute atomic E-state index is 0.282. The van der Waals surface area contributed by atoms with Gasteiger partial charge in [-0.1, -0.05) is 0 Å². The van der Waals surface area contributed by atoms with Crippen molar-refractivity contribution in [2.45, 2.75) is 12.5 Å². The Labute approximate surface area is 86.1 Å². The number of nitrogens with two attached hydrogens (primary N) is 1. The molecular formula is C11H11FN2O. The third kappa shape index (κ3) is 1.89. The fraction of sp³-hybridized carbons (Fsp3) is 0.182. The Balaban J connectivity index is 2.40. The number of aromatic nitrogens is 1. The molecule has 0 saturated heterocycles. The minimum atomic E-state index is -0.506. The number of hydrogen-bond donors (Lipinski definition) is 2. The van der Waals surface area contributed by atoms with Crippen LogP contribution in [0.25, 0.3) is 10.9 Å². The number of aromatic amines is 1. The quantitative estimate of drug-likeness (QED) is 0.745. The van der Waals surface area contributed by atoms with E-state index in [2.05, 4.69) is 4.98 Å². The van der Waals surface area contributed by atoms with Crippen LogP contribution in [-0.4, -0.2) is 17.3 Å². The van der Waals surface area contributed by atoms with Crippen LogP contribution in [0.5, 0.6) is 0 Å². The van der Waals surface area contributed by atoms with E-state index in [1.807, 2.05) is 0 Å². The van der Waals surface area contributed by atoms with Gasteiger partial charge < -0.3 is 15.5 Å². The number of rotatable bonds is 3. The summed E-state index contributed by atoms with van der Waals surface area (Å²) < 4.78 is 12.9. The van der Waals surface area contributed by atoms with E-state index in [9.17, 15) is 9.18 Å². The zero-order valence-electron chi connectivity index (χ0n) is 8.03. The fourth-order valence-electron chi connectivity index (χ4n) is 1.63. The molecule has 3 N–H and O–H groups in total. The maximum Gasteiger partial charge on any atom is 0.137 e. The molecule has 4 heteroatoms. The number of carbonyl (C=O) groups excluding carboxylic acids is 1. The average Bonchev–Trinajstić information content (AvgIpc) is 2.60. The first kappa shape index (κ1) is 9.86. The summed E-state index contributed by atoms with van der Waals surface area (Å²) in [7, 11) is 0. The van der Waals surface area contributed by atoms with Crippen molar-refractivity contribution in [1.29, 1.82) is 0 Å². The molecule has 1 heterocycles. The van der Waals surface area contributed by atoms with Crippen LogP contribution in [0, 0.1) is 5.82 Å². The Kier molecular flexibility index (Phi) is 2.51. The van der Waals surface area contributed by atoms with Gasteiger partial charge in [-0.3, -0.25) is 0 Å². The summed E-state index contributed by atoms with van der Waals surface area (Å²) in [4.78, 5) is 13.4. The van der Waals surface area contributed by atoms with Gasteiger partial charge in [0.1, 0.15) is 12.1 Å². The van der Waals surface area contributed by atoms with E-state index in [-0.39, 0.29) is 5.82 Å². The molecule has 0 aliphatic heterocycles. The summed E-state index contributed by atoms with van der Waals surface area (Å²) in [5.41, 5.74) is 7.19. The van der Waals surface area contributed by atoms with Crippen molar-refractivity contribution in [3.63, 3.8) is 0 Å². The molecule has 0 aliphatic rings. The summed E-state index contributed by atoms with van der Waals surface area (Å²) in [6.45, 7) is 0. The van der Waals surface area contributed by atoms with E-state index in [1.54, 1.807) is 12.3 Å². The Morgan fingerprint density at radius 3 is 3.07 bits per heavy atom. The van der Waals surface area contributed by atoms with Crippen molar-refractivity contribution < 1.29 is 9.18 Å². The minimum Gasteiger partial charge on any atom is -0.361 e. The Bertz CT molecular complexity index is 492. The highest BCUT2D eigenvalue weighted by molar-refractivity contribution is 5.83. The first-order valence-corrected chi connectivity index (χ1v) is 4.67. The van der Waals surface area contributed by atoms with Gasteiger partial charge in [0.25, 0.3) is 0 Å². The molecule has 2 rings (SSSR count). The lowest BCUT2D eigenvalue weighted by molar-refractivity contribution is -0.108. The Hall–Kier alpha value is -1.68. The molecule has 0 saturated carbocycles. The van der Waals surface area contributed by atoms with Crippen molar-refractivity contribution >= 4 is 17.2 Å². The molecule has 3 nitrogen and oxygen atoms in total. The standard InChI is InChI=1S/C11H11FN2O/c12-8-1-2-10-7(3-9(13)6-15)5-14-11(10)4-8/h1-2,4-6,9,14H,3,13H2/t9-/m0/s1. The normalized spacial score (nSPS) is 12.9. The monoisotopic (exact) mass is 206 g/mol. The van der Waals surface area contributed by atoms with Gasteiger partial charge in [-0.25, -0.2) is 4.39 Å². The van der Waals surface area contributed by atoms with E-state index < -0.39 is 6.04 Å². The van der Waals surface area contributed by atoms with Crippen molar-refractivity contribution in [3.8, 4) is 0 Å². The maximum absolute atomic E-state index is 12.9. The van der Waals surface area contributed by atoms with Crippen molar-refractivity contribution in [2.75, 3.05) is 0 Å². The average molecular weight is 206 g/mol. The molecule has 15 heavy (non-hydrogen) atoms. The summed E-state index contributed by atoms with van der Waals surface area (Å²) in [5, 5.41) is 0.911. The number of H-pyrrole nitrogens is 1. The van der Waals surface area contributed by atoms with E-state index in [1.165, 1.54) is 12.1 Å². The predicted octanol–water partition coefficient (Wildman–Crippen LogP) is 1.38. The van der Waals surface area contributed by atoms with Gasteiger partial charge in [0.2, 0.25) is 0 Å². The van der Waals surface area contributed by atoms with Crippen LogP contribution in [0.15, 0.2) is 24.4 Å². The molecule has 1 aromatic carbocycles. The molecule has 2 aromatic rings. The number of halogens is 1. The van der Waals surface area contributed by atoms with E-state index in [0.717, 1.165) is 16.5 Å². The van der Waals surface area contributed by atoms with Crippen molar-refractivity contribution in [1.82, 2.24) is 4.98 Å². The van der Waals surface area contributed by atoms with Crippen LogP contribution in [0.3, 0.4) is 0 Å². The lowest BCUT2D eigenvalue weighted by Crippen LogP contribution is -2.23. The highest BCUT2D eigenvalue weighted by Crippen LogP contribution is 2.19. The number of aldehydes is 1. The van der Waals surface area contributed by atoms with Gasteiger partial charge in [-0.15, -0.1) is 0 Å². The number of carbonyl (C=O) groups is 1. The number of hydrogen-bond acceptors (Lipinski definition) is 2. The molecule has 1 aromatic heterocycles. The van der Waals surface area contributed by atoms with Crippen LogP contribution in [0.2, 0.25) is 0 Å². The van der Waals surface area contributed by atoms with Gasteiger partial charge in [0, 0.05) is 17.1 Å². The van der Waals surface area contributed by atoms with Gasteiger partial charge in [-0.05, 0) is 30.2 Å². The van der Waals surface area contributed by atoms with E-state index in [0.29, 0.717) is 12.7 Å². The molecule has 0 radical (unpaired) electrons. The summed E-state index contributed by atoms with van der Waals surface area (Å²) in [5.74, 6) is -0.282. The van der Waals surface area contributed by atoms with Crippen LogP contribution >= 0.6 is 0 Å². The molecule has 0 spiro atoms. The van der Waals surface area contributed by atoms with Gasteiger partial charge in [0.15, 0.2) is 0 Å². The first-order chi connectivity index (χ1) is 7.20. The second-order valence-corrected chi connectivity index (χ2v) is 3.51. The number of benzene rings is 1. The Morgan fingerprint density at radius 2 is 2.33 bits per heavy atom. The molecule has 0 aliphatic carbocycles. The van der Waals surface area contributed by atoms with E-state index in [4.69, 9.17) is 5.73 Å². The maximum atomic E-state index is 12.9. The van der Waals surface area contributed by atoms with Gasteiger partial charge in [0.05, 0.1) is 6.04 Å². The summed E-state index contributed by atoms with van der Waals surface area (Å²) in [6.07, 6.45) is 2.94. The molecule has 0 bridgehead atoms. The van der Waals surface area contributed by atoms with E-state index >= 15 is 0 Å². The highest BCUT2D eigenvalue weighted by Gasteiger charge is 2.08. The lowest BCUT2D eigenvalue weighted by Gasteiger charge is -2.01. The molecule has 78 valence electrons. The smallest absolute Gasteiger partial charge is 0.137 e. The van der Waals surface area contributed by atoms with Gasteiger partial charge in [-0.2, -0.15) is 0 Å². The van der Waals surface area contributed by atoms with Crippen molar-refractivity contribution in [3.05, 3.63) is 35.8 Å². The molecule has 0 amide bonds. The molecule has 1 atom stereocenters. The van der Waals surface area contributed by atoms with Crippen LogP contribution in [0.1, 0.15) is 5.56 Å². The SMILES string of the molecule is N[C@H](C=O)Cc1c[nH]c2cc(F)ccc12. The van der Waals surface area contributed by atoms with Crippen LogP contribution in [0.4, 0.5) is 4.39 Å². The fourth-order valence-corrected chi connectivity index (χ4v) is 1.63. The lowest BCUT2D eigenvalue weighted by atomic mass is 10.1. The molecular weight excluding hydrogens is 195 g/mol. The second kappa shape index (κ2) is 3.82. The largest absolute Gasteiger partial charge is 0.361 e. The topological polar surface area (TPSA) is 58.9 Å². The predicted molar refractivity (Wildman–Crippen MR) is 56.0 cm³/mol. The number of fused-ring (bicyclic) bond motifs is 1. The second-order valence-electron chi connectivity index (χ2n) is 3.51. The third-order valence-corrected chi connectivity index (χ3v) is 2.36. The highest BCUT2D eigenvalue weighted by atomic mass is 19.1. The molecule has 0 unspecified atom stereocenters. The number of nitrogens with one attached hydrogen (secondary N) is 1. The Morgan fingerprint density at radius 1 is 1.53 bits per heavy atom. The summed E-state index contributed by atoms with van der Waals surface area (Å²) >= 11 is 0. The zero-order chi connectivity index (χ0) is 10.8. The van der Waals surface area contributed by atoms with Crippen LogP contribution < -0.4 is 5.73 Å². The first-order valence-electron chi connectivity index (χ1n) is 4.67.